The Morgan fingerprint density at radius 1 is 0.905 bits per heavy atom. The van der Waals surface area contributed by atoms with Crippen molar-refractivity contribution in [3.05, 3.63) is 94.1 Å². The topological polar surface area (TPSA) is 98.0 Å². The molecular weight excluding hydrogens is 568 g/mol. The zero-order valence-corrected chi connectivity index (χ0v) is 23.4. The van der Waals surface area contributed by atoms with Crippen LogP contribution in [0.1, 0.15) is 42.4 Å². The van der Waals surface area contributed by atoms with Gasteiger partial charge in [-0.3, -0.25) is 9.59 Å². The van der Waals surface area contributed by atoms with Crippen LogP contribution in [0.5, 0.6) is 11.5 Å². The summed E-state index contributed by atoms with van der Waals surface area (Å²) in [6, 6.07) is 14.8. The highest BCUT2D eigenvalue weighted by Crippen LogP contribution is 2.31. The van der Waals surface area contributed by atoms with Gasteiger partial charge in [-0.2, -0.15) is 4.39 Å². The zero-order chi connectivity index (χ0) is 30.1. The molecule has 4 aromatic rings. The molecule has 0 saturated carbocycles. The van der Waals surface area contributed by atoms with E-state index in [1.165, 1.54) is 12.1 Å². The van der Waals surface area contributed by atoms with Crippen molar-refractivity contribution in [3.8, 4) is 11.5 Å². The largest absolute Gasteiger partial charge is 0.494 e. The Bertz CT molecular complexity index is 1580. The lowest BCUT2D eigenvalue weighted by molar-refractivity contribution is -0.138. The van der Waals surface area contributed by atoms with Gasteiger partial charge in [0.25, 0.3) is 0 Å². The minimum absolute atomic E-state index is 0.0187. The number of aromatic nitrogens is 1. The lowest BCUT2D eigenvalue weighted by Gasteiger charge is -2.09. The molecule has 4 rings (SSSR count). The third kappa shape index (κ3) is 8.33. The summed E-state index contributed by atoms with van der Waals surface area (Å²) < 4.78 is 39.6. The zero-order valence-electron chi connectivity index (χ0n) is 22.7. The Morgan fingerprint density at radius 3 is 2.36 bits per heavy atom. The standard InChI is InChI=1S/C32H30ClF2NO6/c33-24-17-22(32-26(18-24)23(5-3-8-29(37)38)19-36(32)20-30(39)40)12-9-21-10-13-25(14-11-21)41-15-1-2-16-42-28-7-4-6-27(34)31(28)35/h4,6-7,9-14,17-19H,1-3,5,8,15-16,20H2,(H,37,38)(H,39,40)/b12-9+. The third-order valence-electron chi connectivity index (χ3n) is 6.51. The van der Waals surface area contributed by atoms with E-state index in [9.17, 15) is 23.5 Å². The number of hydrogen-bond donors (Lipinski definition) is 2. The summed E-state index contributed by atoms with van der Waals surface area (Å²) in [5.74, 6) is -3.23. The van der Waals surface area contributed by atoms with Crippen LogP contribution in [0.15, 0.2) is 60.8 Å². The number of carboxylic acids is 2. The van der Waals surface area contributed by atoms with Crippen molar-refractivity contribution in [3.63, 3.8) is 0 Å². The molecule has 220 valence electrons. The number of aryl methyl sites for hydroxylation is 1. The molecule has 42 heavy (non-hydrogen) atoms. The van der Waals surface area contributed by atoms with Gasteiger partial charge in [-0.1, -0.05) is 42.0 Å². The maximum atomic E-state index is 13.6. The Morgan fingerprint density at radius 2 is 1.64 bits per heavy atom. The number of carbonyl (C=O) groups is 2. The van der Waals surface area contributed by atoms with E-state index in [1.54, 1.807) is 22.9 Å². The summed E-state index contributed by atoms with van der Waals surface area (Å²) in [5, 5.41) is 19.7. The van der Waals surface area contributed by atoms with Crippen molar-refractivity contribution in [1.29, 1.82) is 0 Å². The smallest absolute Gasteiger partial charge is 0.323 e. The maximum Gasteiger partial charge on any atom is 0.323 e. The monoisotopic (exact) mass is 597 g/mol. The number of hydrogen-bond acceptors (Lipinski definition) is 4. The molecule has 0 saturated heterocycles. The molecule has 2 N–H and O–H groups in total. The number of carboxylic acid groups (broad SMARTS) is 2. The number of halogens is 3. The molecule has 7 nitrogen and oxygen atoms in total. The van der Waals surface area contributed by atoms with Crippen molar-refractivity contribution < 1.29 is 38.1 Å². The van der Waals surface area contributed by atoms with Gasteiger partial charge in [-0.05, 0) is 73.2 Å². The van der Waals surface area contributed by atoms with E-state index in [0.717, 1.165) is 28.1 Å². The summed E-state index contributed by atoms with van der Waals surface area (Å²) in [6.07, 6.45) is 7.71. The molecule has 0 aliphatic heterocycles. The normalized spacial score (nSPS) is 11.3. The SMILES string of the molecule is O=C(O)CCCc1cn(CC(=O)O)c2c(/C=C/c3ccc(OCCCCOc4cccc(F)c4F)cc3)cc(Cl)cc12. The van der Waals surface area contributed by atoms with Crippen molar-refractivity contribution >= 4 is 46.6 Å². The van der Waals surface area contributed by atoms with Crippen LogP contribution < -0.4 is 9.47 Å². The molecule has 0 atom stereocenters. The number of benzene rings is 3. The van der Waals surface area contributed by atoms with E-state index in [0.29, 0.717) is 48.6 Å². The van der Waals surface area contributed by atoms with Crippen LogP contribution in [0.3, 0.4) is 0 Å². The molecule has 3 aromatic carbocycles. The first-order chi connectivity index (χ1) is 20.2. The predicted molar refractivity (Wildman–Crippen MR) is 157 cm³/mol. The molecule has 0 fully saturated rings. The molecule has 0 unspecified atom stereocenters. The van der Waals surface area contributed by atoms with Crippen molar-refractivity contribution in [2.24, 2.45) is 0 Å². The van der Waals surface area contributed by atoms with Gasteiger partial charge in [0.15, 0.2) is 11.6 Å². The Balaban J connectivity index is 1.37. The first-order valence-corrected chi connectivity index (χ1v) is 13.8. The molecule has 0 aliphatic rings. The van der Waals surface area contributed by atoms with Crippen molar-refractivity contribution in [2.45, 2.75) is 38.6 Å². The molecular formula is C32H30ClF2NO6. The fourth-order valence-electron chi connectivity index (χ4n) is 4.57. The molecule has 10 heteroatoms. The van der Waals surface area contributed by atoms with Gasteiger partial charge < -0.3 is 24.3 Å². The fraction of sp³-hybridized carbons (Fsp3) is 0.250. The van der Waals surface area contributed by atoms with Crippen LogP contribution in [0.4, 0.5) is 8.78 Å². The summed E-state index contributed by atoms with van der Waals surface area (Å²) in [7, 11) is 0. The van der Waals surface area contributed by atoms with Crippen LogP contribution in [0.2, 0.25) is 5.02 Å². The number of rotatable bonds is 15. The quantitative estimate of drug-likeness (QED) is 0.109. The summed E-state index contributed by atoms with van der Waals surface area (Å²) in [5.41, 5.74) is 3.19. The average molecular weight is 598 g/mol. The van der Waals surface area contributed by atoms with E-state index in [1.807, 2.05) is 36.4 Å². The third-order valence-corrected chi connectivity index (χ3v) is 6.73. The minimum Gasteiger partial charge on any atom is -0.494 e. The van der Waals surface area contributed by atoms with E-state index in [4.69, 9.17) is 26.2 Å². The van der Waals surface area contributed by atoms with E-state index in [2.05, 4.69) is 0 Å². The first kappa shape index (κ1) is 30.6. The molecule has 0 radical (unpaired) electrons. The lowest BCUT2D eigenvalue weighted by Crippen LogP contribution is -2.08. The minimum atomic E-state index is -0.991. The summed E-state index contributed by atoms with van der Waals surface area (Å²) >= 11 is 6.41. The number of nitrogens with zero attached hydrogens (tertiary/aromatic N) is 1. The second kappa shape index (κ2) is 14.5. The molecule has 1 heterocycles. The van der Waals surface area contributed by atoms with Gasteiger partial charge in [0.05, 0.1) is 18.7 Å². The van der Waals surface area contributed by atoms with Gasteiger partial charge in [-0.25, -0.2) is 4.39 Å². The lowest BCUT2D eigenvalue weighted by atomic mass is 10.0. The van der Waals surface area contributed by atoms with E-state index in [-0.39, 0.29) is 25.3 Å². The first-order valence-electron chi connectivity index (χ1n) is 13.4. The van der Waals surface area contributed by atoms with Crippen molar-refractivity contribution in [2.75, 3.05) is 13.2 Å². The Hall–Kier alpha value is -4.37. The second-order valence-electron chi connectivity index (χ2n) is 9.67. The number of fused-ring (bicyclic) bond motifs is 1. The van der Waals surface area contributed by atoms with E-state index < -0.39 is 23.6 Å². The second-order valence-corrected chi connectivity index (χ2v) is 10.1. The fourth-order valence-corrected chi connectivity index (χ4v) is 4.79. The van der Waals surface area contributed by atoms with Crippen molar-refractivity contribution in [1.82, 2.24) is 4.57 Å². The Labute approximate surface area is 246 Å². The highest BCUT2D eigenvalue weighted by Gasteiger charge is 2.15. The van der Waals surface area contributed by atoms with Gasteiger partial charge in [0, 0.05) is 28.6 Å². The highest BCUT2D eigenvalue weighted by atomic mass is 35.5. The van der Waals surface area contributed by atoms with E-state index >= 15 is 0 Å². The predicted octanol–water partition coefficient (Wildman–Crippen LogP) is 7.47. The van der Waals surface area contributed by atoms with Gasteiger partial charge >= 0.3 is 11.9 Å². The van der Waals surface area contributed by atoms with Crippen LogP contribution in [-0.2, 0) is 22.6 Å². The van der Waals surface area contributed by atoms with Crippen LogP contribution >= 0.6 is 11.6 Å². The number of aliphatic carboxylic acids is 2. The van der Waals surface area contributed by atoms with Gasteiger partial charge in [0.2, 0.25) is 5.82 Å². The molecule has 0 spiro atoms. The molecule has 0 amide bonds. The number of unbranched alkanes of at least 4 members (excludes halogenated alkanes) is 1. The average Bonchev–Trinajstić information content (AvgIpc) is 3.28. The molecule has 0 aliphatic carbocycles. The molecule has 0 bridgehead atoms. The van der Waals surface area contributed by atoms with Gasteiger partial charge in [-0.15, -0.1) is 0 Å². The van der Waals surface area contributed by atoms with Crippen LogP contribution in [0.25, 0.3) is 23.1 Å². The van der Waals surface area contributed by atoms with Crippen LogP contribution in [-0.4, -0.2) is 39.9 Å². The highest BCUT2D eigenvalue weighted by molar-refractivity contribution is 6.31. The Kier molecular flexibility index (Phi) is 10.6. The number of ether oxygens (including phenoxy) is 2. The maximum absolute atomic E-state index is 13.6. The van der Waals surface area contributed by atoms with Crippen LogP contribution in [0, 0.1) is 11.6 Å². The summed E-state index contributed by atoms with van der Waals surface area (Å²) in [6.45, 7) is 0.432. The van der Waals surface area contributed by atoms with Gasteiger partial charge in [0.1, 0.15) is 12.3 Å². The summed E-state index contributed by atoms with van der Waals surface area (Å²) in [4.78, 5) is 22.5. The molecule has 1 aromatic heterocycles.